The zero-order valence-corrected chi connectivity index (χ0v) is 17.9. The van der Waals surface area contributed by atoms with Crippen LogP contribution in [0.4, 0.5) is 0 Å². The number of hydrogen-bond acceptors (Lipinski definition) is 3. The maximum atomic E-state index is 13.4. The number of rotatable bonds is 2. The normalized spacial score (nSPS) is 16.4. The molecule has 0 fully saturated rings. The first-order chi connectivity index (χ1) is 15.1. The molecule has 1 atom stereocenters. The van der Waals surface area contributed by atoms with Gasteiger partial charge >= 0.3 is 0 Å². The quantitative estimate of drug-likeness (QED) is 0.487. The van der Waals surface area contributed by atoms with E-state index in [-0.39, 0.29) is 11.8 Å². The molecule has 2 heterocycles. The third kappa shape index (κ3) is 3.59. The van der Waals surface area contributed by atoms with Crippen molar-refractivity contribution in [2.45, 2.75) is 19.0 Å². The predicted octanol–water partition coefficient (Wildman–Crippen LogP) is 3.93. The highest BCUT2D eigenvalue weighted by Crippen LogP contribution is 2.26. The Morgan fingerprint density at radius 1 is 0.903 bits per heavy atom. The summed E-state index contributed by atoms with van der Waals surface area (Å²) in [5.41, 5.74) is 3.77. The van der Waals surface area contributed by atoms with Crippen LogP contribution in [0.5, 0.6) is 0 Å². The molecule has 0 spiro atoms. The van der Waals surface area contributed by atoms with Crippen LogP contribution in [0.3, 0.4) is 0 Å². The molecule has 3 aromatic carbocycles. The molecule has 0 unspecified atom stereocenters. The van der Waals surface area contributed by atoms with E-state index in [0.717, 1.165) is 21.3 Å². The van der Waals surface area contributed by atoms with Gasteiger partial charge < -0.3 is 9.47 Å². The van der Waals surface area contributed by atoms with Gasteiger partial charge in [-0.1, -0.05) is 65.9 Å². The number of amides is 2. The van der Waals surface area contributed by atoms with E-state index in [1.54, 1.807) is 17.0 Å². The Labute approximate surface area is 183 Å². The molecule has 0 bridgehead atoms. The van der Waals surface area contributed by atoms with Gasteiger partial charge in [-0.15, -0.1) is 0 Å². The Hall–Kier alpha value is -3.51. The second-order valence-electron chi connectivity index (χ2n) is 7.65. The lowest BCUT2D eigenvalue weighted by Crippen LogP contribution is -2.48. The van der Waals surface area contributed by atoms with E-state index < -0.39 is 6.04 Å². The SMILES string of the molecule is Cn1c(=NC(=O)[C@@H]2Cc3ccccc3CN2C(=O)c2ccccc2)sc2ccccc21. The molecule has 5 rings (SSSR count). The van der Waals surface area contributed by atoms with Crippen LogP contribution in [-0.4, -0.2) is 27.3 Å². The highest BCUT2D eigenvalue weighted by Gasteiger charge is 2.35. The van der Waals surface area contributed by atoms with Crippen LogP contribution in [0.2, 0.25) is 0 Å². The van der Waals surface area contributed by atoms with E-state index in [2.05, 4.69) is 4.99 Å². The number of thiazole rings is 1. The summed E-state index contributed by atoms with van der Waals surface area (Å²) in [5, 5.41) is 0. The van der Waals surface area contributed by atoms with Gasteiger partial charge in [0.2, 0.25) is 0 Å². The molecule has 2 amide bonds. The fraction of sp³-hybridized carbons (Fsp3) is 0.160. The van der Waals surface area contributed by atoms with Crippen LogP contribution in [0.1, 0.15) is 21.5 Å². The highest BCUT2D eigenvalue weighted by molar-refractivity contribution is 7.16. The molecule has 5 nitrogen and oxygen atoms in total. The molecule has 0 saturated heterocycles. The third-order valence-corrected chi connectivity index (χ3v) is 6.85. The number of para-hydroxylation sites is 1. The summed E-state index contributed by atoms with van der Waals surface area (Å²) in [6.45, 7) is 0.397. The van der Waals surface area contributed by atoms with Crippen molar-refractivity contribution in [3.05, 3.63) is 100 Å². The van der Waals surface area contributed by atoms with Gasteiger partial charge in [0.1, 0.15) is 6.04 Å². The summed E-state index contributed by atoms with van der Waals surface area (Å²) in [7, 11) is 1.91. The van der Waals surface area contributed by atoms with E-state index in [0.29, 0.717) is 23.3 Å². The minimum absolute atomic E-state index is 0.149. The number of fused-ring (bicyclic) bond motifs is 2. The lowest BCUT2D eigenvalue weighted by Gasteiger charge is -2.35. The largest absolute Gasteiger partial charge is 0.322 e. The summed E-state index contributed by atoms with van der Waals surface area (Å²) >= 11 is 1.48. The number of carbonyl (C=O) groups excluding carboxylic acids is 2. The van der Waals surface area contributed by atoms with Gasteiger partial charge in [0.25, 0.3) is 11.8 Å². The van der Waals surface area contributed by atoms with Gasteiger partial charge in [0.15, 0.2) is 4.80 Å². The molecular weight excluding hydrogens is 406 g/mol. The summed E-state index contributed by atoms with van der Waals surface area (Å²) in [6.07, 6.45) is 0.464. The van der Waals surface area contributed by atoms with E-state index >= 15 is 0 Å². The van der Waals surface area contributed by atoms with Crippen LogP contribution in [0.15, 0.2) is 83.9 Å². The predicted molar refractivity (Wildman–Crippen MR) is 122 cm³/mol. The molecule has 31 heavy (non-hydrogen) atoms. The number of benzene rings is 3. The average molecular weight is 428 g/mol. The first kappa shape index (κ1) is 19.5. The summed E-state index contributed by atoms with van der Waals surface area (Å²) in [4.78, 5) is 33.5. The van der Waals surface area contributed by atoms with Crippen LogP contribution in [-0.2, 0) is 24.8 Å². The molecule has 154 valence electrons. The molecular formula is C25H21N3O2S. The van der Waals surface area contributed by atoms with Crippen LogP contribution in [0, 0.1) is 0 Å². The Morgan fingerprint density at radius 2 is 1.58 bits per heavy atom. The molecule has 1 aliphatic heterocycles. The standard InChI is InChI=1S/C25H21N3O2S/c1-27-20-13-7-8-14-22(20)31-25(27)26-23(29)21-15-18-11-5-6-12-19(18)16-28(21)24(30)17-9-3-2-4-10-17/h2-14,21H,15-16H2,1H3/t21-/m0/s1. The third-order valence-electron chi connectivity index (χ3n) is 5.74. The summed E-state index contributed by atoms with van der Waals surface area (Å²) < 4.78 is 3.00. The Kier molecular flexibility index (Phi) is 5.00. The van der Waals surface area contributed by atoms with E-state index in [9.17, 15) is 9.59 Å². The minimum Gasteiger partial charge on any atom is -0.322 e. The lowest BCUT2D eigenvalue weighted by atomic mass is 9.93. The van der Waals surface area contributed by atoms with Crippen LogP contribution >= 0.6 is 11.3 Å². The van der Waals surface area contributed by atoms with Gasteiger partial charge in [-0.3, -0.25) is 9.59 Å². The van der Waals surface area contributed by atoms with E-state index in [1.165, 1.54) is 11.3 Å². The monoisotopic (exact) mass is 427 g/mol. The van der Waals surface area contributed by atoms with Gasteiger partial charge in [0, 0.05) is 25.6 Å². The molecule has 0 saturated carbocycles. The van der Waals surface area contributed by atoms with E-state index in [1.807, 2.05) is 78.3 Å². The lowest BCUT2D eigenvalue weighted by molar-refractivity contribution is -0.123. The number of aryl methyl sites for hydroxylation is 1. The van der Waals surface area contributed by atoms with Crippen LogP contribution < -0.4 is 4.80 Å². The molecule has 1 aliphatic rings. The number of hydrogen-bond donors (Lipinski definition) is 0. The molecule has 0 aliphatic carbocycles. The number of carbonyl (C=O) groups is 2. The Balaban J connectivity index is 1.56. The zero-order chi connectivity index (χ0) is 21.4. The fourth-order valence-electron chi connectivity index (χ4n) is 4.06. The van der Waals surface area contributed by atoms with Gasteiger partial charge in [0.05, 0.1) is 10.2 Å². The van der Waals surface area contributed by atoms with Gasteiger partial charge in [-0.05, 0) is 35.4 Å². The minimum atomic E-state index is -0.632. The topological polar surface area (TPSA) is 54.7 Å². The maximum absolute atomic E-state index is 13.4. The van der Waals surface area contributed by atoms with E-state index in [4.69, 9.17) is 0 Å². The molecule has 6 heteroatoms. The van der Waals surface area contributed by atoms with Gasteiger partial charge in [-0.25, -0.2) is 0 Å². The van der Waals surface area contributed by atoms with Crippen molar-refractivity contribution < 1.29 is 9.59 Å². The summed E-state index contributed by atoms with van der Waals surface area (Å²) in [5.74, 6) is -0.440. The fourth-order valence-corrected chi connectivity index (χ4v) is 5.08. The maximum Gasteiger partial charge on any atom is 0.271 e. The Morgan fingerprint density at radius 3 is 2.35 bits per heavy atom. The molecule has 0 N–H and O–H groups in total. The first-order valence-electron chi connectivity index (χ1n) is 10.2. The average Bonchev–Trinajstić information content (AvgIpc) is 3.13. The smallest absolute Gasteiger partial charge is 0.271 e. The summed E-state index contributed by atoms with van der Waals surface area (Å²) in [6, 6.07) is 24.4. The Bertz CT molecular complexity index is 1350. The van der Waals surface area contributed by atoms with Crippen molar-refractivity contribution in [2.24, 2.45) is 12.0 Å². The number of aromatic nitrogens is 1. The molecule has 4 aromatic rings. The zero-order valence-electron chi connectivity index (χ0n) is 17.1. The highest BCUT2D eigenvalue weighted by atomic mass is 32.1. The van der Waals surface area contributed by atoms with Crippen molar-refractivity contribution >= 4 is 33.4 Å². The second kappa shape index (κ2) is 7.96. The molecule has 1 aromatic heterocycles. The first-order valence-corrected chi connectivity index (χ1v) is 11.0. The van der Waals surface area contributed by atoms with Crippen molar-refractivity contribution in [1.82, 2.24) is 9.47 Å². The molecule has 0 radical (unpaired) electrons. The van der Waals surface area contributed by atoms with Gasteiger partial charge in [-0.2, -0.15) is 4.99 Å². The second-order valence-corrected chi connectivity index (χ2v) is 8.66. The van der Waals surface area contributed by atoms with Crippen molar-refractivity contribution in [2.75, 3.05) is 0 Å². The van der Waals surface area contributed by atoms with Crippen molar-refractivity contribution in [3.8, 4) is 0 Å². The van der Waals surface area contributed by atoms with Crippen molar-refractivity contribution in [1.29, 1.82) is 0 Å². The number of nitrogens with zero attached hydrogens (tertiary/aromatic N) is 3. The van der Waals surface area contributed by atoms with Crippen molar-refractivity contribution in [3.63, 3.8) is 0 Å². The van der Waals surface area contributed by atoms with Crippen LogP contribution in [0.25, 0.3) is 10.2 Å².